The maximum atomic E-state index is 13.5. The first-order valence-electron chi connectivity index (χ1n) is 6.63. The normalized spacial score (nSPS) is 10.0. The number of nitrogens with one attached hydrogen (secondary N) is 1. The summed E-state index contributed by atoms with van der Waals surface area (Å²) in [5, 5.41) is 2.31. The van der Waals surface area contributed by atoms with Crippen LogP contribution in [0.15, 0.2) is 53.0 Å². The molecule has 0 fully saturated rings. The third-order valence-corrected chi connectivity index (χ3v) is 3.16. The van der Waals surface area contributed by atoms with Gasteiger partial charge in [0.2, 0.25) is 0 Å². The van der Waals surface area contributed by atoms with Crippen LogP contribution in [0.1, 0.15) is 0 Å². The molecule has 0 radical (unpaired) electrons. The molecule has 0 bridgehead atoms. The van der Waals surface area contributed by atoms with Crippen molar-refractivity contribution in [2.45, 2.75) is 0 Å². The largest absolute Gasteiger partial charge is 0.482 e. The van der Waals surface area contributed by atoms with Crippen molar-refractivity contribution in [1.82, 2.24) is 0 Å². The number of rotatable bonds is 6. The molecule has 2 rings (SSSR count). The smallest absolute Gasteiger partial charge is 0.344 e. The first-order chi connectivity index (χ1) is 11.0. The summed E-state index contributed by atoms with van der Waals surface area (Å²) >= 11 is 3.11. The minimum absolute atomic E-state index is 0.00906. The highest BCUT2D eigenvalue weighted by Gasteiger charge is 2.11. The van der Waals surface area contributed by atoms with E-state index in [0.717, 1.165) is 0 Å². The molecule has 2 aromatic carbocycles. The summed E-state index contributed by atoms with van der Waals surface area (Å²) in [6.07, 6.45) is 0. The van der Waals surface area contributed by atoms with Gasteiger partial charge in [0.1, 0.15) is 11.6 Å². The van der Waals surface area contributed by atoms with Crippen molar-refractivity contribution in [3.8, 4) is 5.75 Å². The van der Waals surface area contributed by atoms with Crippen LogP contribution in [-0.4, -0.2) is 25.1 Å². The summed E-state index contributed by atoms with van der Waals surface area (Å²) in [6, 6.07) is 12.9. The maximum Gasteiger partial charge on any atom is 0.344 e. The van der Waals surface area contributed by atoms with E-state index in [0.29, 0.717) is 10.2 Å². The van der Waals surface area contributed by atoms with E-state index in [1.165, 1.54) is 12.1 Å². The molecule has 0 unspecified atom stereocenters. The Bertz CT molecular complexity index is 694. The third kappa shape index (κ3) is 5.71. The number of carbonyl (C=O) groups excluding carboxylic acids is 2. The molecule has 23 heavy (non-hydrogen) atoms. The molecule has 0 atom stereocenters. The molecule has 5 nitrogen and oxygen atoms in total. The molecule has 0 aromatic heterocycles. The van der Waals surface area contributed by atoms with Gasteiger partial charge < -0.3 is 14.8 Å². The number of halogens is 2. The summed E-state index contributed by atoms with van der Waals surface area (Å²) in [4.78, 5) is 23.1. The number of hydrogen-bond acceptors (Lipinski definition) is 4. The van der Waals surface area contributed by atoms with Crippen molar-refractivity contribution in [2.75, 3.05) is 18.5 Å². The summed E-state index contributed by atoms with van der Waals surface area (Å²) in [5.41, 5.74) is 0.00906. The standard InChI is InChI=1S/C16H13BrFNO4/c17-11-6-7-14(13(18)8-11)19-15(20)9-23-16(21)10-22-12-4-2-1-3-5-12/h1-8H,9-10H2,(H,19,20). The zero-order valence-electron chi connectivity index (χ0n) is 11.9. The van der Waals surface area contributed by atoms with E-state index in [2.05, 4.69) is 21.2 Å². The van der Waals surface area contributed by atoms with Gasteiger partial charge in [-0.15, -0.1) is 0 Å². The molecular formula is C16H13BrFNO4. The molecule has 1 N–H and O–H groups in total. The minimum atomic E-state index is -0.694. The van der Waals surface area contributed by atoms with Crippen LogP contribution in [0.5, 0.6) is 5.75 Å². The lowest BCUT2D eigenvalue weighted by atomic mass is 10.3. The zero-order valence-corrected chi connectivity index (χ0v) is 13.5. The summed E-state index contributed by atoms with van der Waals surface area (Å²) in [5.74, 6) is -1.41. The zero-order chi connectivity index (χ0) is 16.7. The third-order valence-electron chi connectivity index (χ3n) is 2.67. The molecule has 0 aliphatic carbocycles. The van der Waals surface area contributed by atoms with Crippen molar-refractivity contribution >= 4 is 33.5 Å². The van der Waals surface area contributed by atoms with Gasteiger partial charge in [-0.3, -0.25) is 4.79 Å². The predicted molar refractivity (Wildman–Crippen MR) is 85.6 cm³/mol. The van der Waals surface area contributed by atoms with Crippen LogP contribution in [0.4, 0.5) is 10.1 Å². The molecule has 120 valence electrons. The van der Waals surface area contributed by atoms with Gasteiger partial charge in [0, 0.05) is 4.47 Å². The number of benzene rings is 2. The lowest BCUT2D eigenvalue weighted by Gasteiger charge is -2.08. The Morgan fingerprint density at radius 3 is 2.52 bits per heavy atom. The molecule has 0 heterocycles. The summed E-state index contributed by atoms with van der Waals surface area (Å²) < 4.78 is 24.0. The van der Waals surface area contributed by atoms with Crippen LogP contribution >= 0.6 is 15.9 Å². The summed E-state index contributed by atoms with van der Waals surface area (Å²) in [6.45, 7) is -0.837. The Hall–Kier alpha value is -2.41. The Kier molecular flexibility index (Phi) is 6.10. The van der Waals surface area contributed by atoms with Gasteiger partial charge in [0.25, 0.3) is 5.91 Å². The van der Waals surface area contributed by atoms with Crippen molar-refractivity contribution in [3.05, 3.63) is 58.8 Å². The average Bonchev–Trinajstić information content (AvgIpc) is 2.54. The number of anilines is 1. The lowest BCUT2D eigenvalue weighted by molar-refractivity contribution is -0.149. The van der Waals surface area contributed by atoms with Crippen LogP contribution in [0.3, 0.4) is 0 Å². The summed E-state index contributed by atoms with van der Waals surface area (Å²) in [7, 11) is 0. The Labute approximate surface area is 140 Å². The highest BCUT2D eigenvalue weighted by atomic mass is 79.9. The van der Waals surface area contributed by atoms with Gasteiger partial charge in [-0.25, -0.2) is 9.18 Å². The highest BCUT2D eigenvalue weighted by Crippen LogP contribution is 2.19. The van der Waals surface area contributed by atoms with E-state index < -0.39 is 24.3 Å². The first kappa shape index (κ1) is 17.0. The number of carbonyl (C=O) groups is 2. The van der Waals surface area contributed by atoms with E-state index in [4.69, 9.17) is 9.47 Å². The number of ether oxygens (including phenoxy) is 2. The fraction of sp³-hybridized carbons (Fsp3) is 0.125. The number of amides is 1. The van der Waals surface area contributed by atoms with Gasteiger partial charge in [0.15, 0.2) is 13.2 Å². The van der Waals surface area contributed by atoms with Gasteiger partial charge in [-0.2, -0.15) is 0 Å². The molecular weight excluding hydrogens is 369 g/mol. The SMILES string of the molecule is O=C(COC(=O)COc1ccccc1)Nc1ccc(Br)cc1F. The van der Waals surface area contributed by atoms with Crippen LogP contribution in [0, 0.1) is 5.82 Å². The van der Waals surface area contributed by atoms with E-state index in [1.807, 2.05) is 6.07 Å². The number of esters is 1. The second kappa shape index (κ2) is 8.28. The molecule has 0 aliphatic heterocycles. The van der Waals surface area contributed by atoms with E-state index in [9.17, 15) is 14.0 Å². The van der Waals surface area contributed by atoms with Crippen LogP contribution in [-0.2, 0) is 14.3 Å². The molecule has 1 amide bonds. The van der Waals surface area contributed by atoms with Gasteiger partial charge in [-0.05, 0) is 30.3 Å². The van der Waals surface area contributed by atoms with Crippen LogP contribution in [0.2, 0.25) is 0 Å². The number of para-hydroxylation sites is 1. The maximum absolute atomic E-state index is 13.5. The second-order valence-electron chi connectivity index (χ2n) is 4.43. The first-order valence-corrected chi connectivity index (χ1v) is 7.42. The second-order valence-corrected chi connectivity index (χ2v) is 5.35. The Balaban J connectivity index is 1.74. The van der Waals surface area contributed by atoms with Crippen LogP contribution in [0.25, 0.3) is 0 Å². The molecule has 0 saturated carbocycles. The minimum Gasteiger partial charge on any atom is -0.482 e. The molecule has 0 spiro atoms. The average molecular weight is 382 g/mol. The number of hydrogen-bond donors (Lipinski definition) is 1. The molecule has 2 aromatic rings. The van der Waals surface area contributed by atoms with Crippen molar-refractivity contribution < 1.29 is 23.5 Å². The quantitative estimate of drug-likeness (QED) is 0.780. The van der Waals surface area contributed by atoms with E-state index in [1.54, 1.807) is 30.3 Å². The predicted octanol–water partition coefficient (Wildman–Crippen LogP) is 3.15. The van der Waals surface area contributed by atoms with E-state index >= 15 is 0 Å². The van der Waals surface area contributed by atoms with Gasteiger partial charge in [-0.1, -0.05) is 34.1 Å². The fourth-order valence-corrected chi connectivity index (χ4v) is 1.96. The lowest BCUT2D eigenvalue weighted by Crippen LogP contribution is -2.24. The monoisotopic (exact) mass is 381 g/mol. The van der Waals surface area contributed by atoms with Gasteiger partial charge in [0.05, 0.1) is 5.69 Å². The van der Waals surface area contributed by atoms with E-state index in [-0.39, 0.29) is 12.3 Å². The topological polar surface area (TPSA) is 64.6 Å². The molecule has 0 aliphatic rings. The molecule has 7 heteroatoms. The van der Waals surface area contributed by atoms with Crippen LogP contribution < -0.4 is 10.1 Å². The highest BCUT2D eigenvalue weighted by molar-refractivity contribution is 9.10. The van der Waals surface area contributed by atoms with Crippen molar-refractivity contribution in [3.63, 3.8) is 0 Å². The Morgan fingerprint density at radius 1 is 1.09 bits per heavy atom. The Morgan fingerprint density at radius 2 is 1.83 bits per heavy atom. The van der Waals surface area contributed by atoms with Crippen molar-refractivity contribution in [2.24, 2.45) is 0 Å². The van der Waals surface area contributed by atoms with Gasteiger partial charge >= 0.3 is 5.97 Å². The van der Waals surface area contributed by atoms with Crippen molar-refractivity contribution in [1.29, 1.82) is 0 Å². The fourth-order valence-electron chi connectivity index (χ4n) is 1.62. The molecule has 0 saturated heterocycles.